The van der Waals surface area contributed by atoms with Crippen LogP contribution in [-0.4, -0.2) is 46.6 Å². The molecule has 0 aliphatic carbocycles. The smallest absolute Gasteiger partial charge is 0.226 e. The molecule has 5 heteroatoms. The first-order valence-corrected chi connectivity index (χ1v) is 7.66. The highest BCUT2D eigenvalue weighted by molar-refractivity contribution is 5.29. The number of piperidine rings is 1. The number of hydrogen-bond acceptors (Lipinski definition) is 5. The second kappa shape index (κ2) is 7.43. The first-order chi connectivity index (χ1) is 9.67. The quantitative estimate of drug-likeness (QED) is 0.866. The van der Waals surface area contributed by atoms with Crippen molar-refractivity contribution in [3.05, 3.63) is 12.3 Å². The summed E-state index contributed by atoms with van der Waals surface area (Å²) in [4.78, 5) is 11.2. The van der Waals surface area contributed by atoms with Crippen LogP contribution in [0.1, 0.15) is 40.0 Å². The van der Waals surface area contributed by atoms with E-state index in [-0.39, 0.29) is 6.10 Å². The Kier molecular flexibility index (Phi) is 5.59. The van der Waals surface area contributed by atoms with Gasteiger partial charge in [-0.1, -0.05) is 6.92 Å². The molecule has 2 rings (SSSR count). The zero-order valence-electron chi connectivity index (χ0n) is 12.8. The number of nitrogens with one attached hydrogen (secondary N) is 1. The van der Waals surface area contributed by atoms with E-state index in [9.17, 15) is 0 Å². The zero-order chi connectivity index (χ0) is 14.4. The lowest BCUT2D eigenvalue weighted by atomic mass is 10.1. The highest BCUT2D eigenvalue weighted by Crippen LogP contribution is 2.16. The highest BCUT2D eigenvalue weighted by Gasteiger charge is 2.19. The Balaban J connectivity index is 1.84. The third-order valence-electron chi connectivity index (χ3n) is 3.45. The lowest BCUT2D eigenvalue weighted by Crippen LogP contribution is -2.39. The monoisotopic (exact) mass is 278 g/mol. The van der Waals surface area contributed by atoms with E-state index >= 15 is 0 Å². The van der Waals surface area contributed by atoms with Gasteiger partial charge in [-0.05, 0) is 39.7 Å². The number of anilines is 1. The van der Waals surface area contributed by atoms with Crippen molar-refractivity contribution in [2.75, 3.05) is 25.0 Å². The van der Waals surface area contributed by atoms with Crippen LogP contribution >= 0.6 is 0 Å². The topological polar surface area (TPSA) is 50.3 Å². The molecule has 0 unspecified atom stereocenters. The van der Waals surface area contributed by atoms with Gasteiger partial charge in [0, 0.05) is 31.4 Å². The molecule has 5 nitrogen and oxygen atoms in total. The number of nitrogens with zero attached hydrogens (tertiary/aromatic N) is 3. The van der Waals surface area contributed by atoms with Gasteiger partial charge in [-0.2, -0.15) is 4.98 Å². The third-order valence-corrected chi connectivity index (χ3v) is 3.45. The van der Waals surface area contributed by atoms with Crippen molar-refractivity contribution >= 4 is 5.95 Å². The summed E-state index contributed by atoms with van der Waals surface area (Å²) < 4.78 is 5.59. The van der Waals surface area contributed by atoms with Gasteiger partial charge in [0.1, 0.15) is 0 Å². The number of rotatable bonds is 6. The fourth-order valence-corrected chi connectivity index (χ4v) is 2.52. The van der Waals surface area contributed by atoms with Crippen LogP contribution in [0.5, 0.6) is 5.88 Å². The van der Waals surface area contributed by atoms with Crippen molar-refractivity contribution in [2.24, 2.45) is 0 Å². The Morgan fingerprint density at radius 3 is 2.80 bits per heavy atom. The molecular weight excluding hydrogens is 252 g/mol. The van der Waals surface area contributed by atoms with Crippen LogP contribution in [-0.2, 0) is 0 Å². The molecule has 20 heavy (non-hydrogen) atoms. The lowest BCUT2D eigenvalue weighted by Gasteiger charge is -2.32. The van der Waals surface area contributed by atoms with E-state index in [1.165, 1.54) is 13.0 Å². The number of aromatic nitrogens is 2. The maximum atomic E-state index is 5.59. The predicted molar refractivity (Wildman–Crippen MR) is 81.2 cm³/mol. The van der Waals surface area contributed by atoms with Crippen molar-refractivity contribution < 1.29 is 4.74 Å². The molecule has 2 heterocycles. The van der Waals surface area contributed by atoms with Gasteiger partial charge in [-0.15, -0.1) is 0 Å². The molecule has 0 amide bonds. The van der Waals surface area contributed by atoms with Crippen molar-refractivity contribution in [3.8, 4) is 5.88 Å². The minimum Gasteiger partial charge on any atom is -0.475 e. The minimum absolute atomic E-state index is 0.134. The molecule has 1 aliphatic rings. The van der Waals surface area contributed by atoms with Crippen LogP contribution in [0.3, 0.4) is 0 Å². The van der Waals surface area contributed by atoms with Gasteiger partial charge in [-0.25, -0.2) is 4.98 Å². The molecule has 112 valence electrons. The van der Waals surface area contributed by atoms with Gasteiger partial charge < -0.3 is 15.0 Å². The molecule has 1 saturated heterocycles. The van der Waals surface area contributed by atoms with Crippen molar-refractivity contribution in [3.63, 3.8) is 0 Å². The summed E-state index contributed by atoms with van der Waals surface area (Å²) in [5, 5.41) is 3.43. The third kappa shape index (κ3) is 4.63. The number of ether oxygens (including phenoxy) is 1. The maximum absolute atomic E-state index is 5.59. The molecule has 0 atom stereocenters. The fourth-order valence-electron chi connectivity index (χ4n) is 2.52. The van der Waals surface area contributed by atoms with Gasteiger partial charge >= 0.3 is 0 Å². The largest absolute Gasteiger partial charge is 0.475 e. The van der Waals surface area contributed by atoms with Crippen LogP contribution in [0.15, 0.2) is 12.3 Å². The van der Waals surface area contributed by atoms with Crippen LogP contribution in [0.2, 0.25) is 0 Å². The molecule has 1 aromatic heterocycles. The highest BCUT2D eigenvalue weighted by atomic mass is 16.5. The Hall–Kier alpha value is -1.36. The maximum Gasteiger partial charge on any atom is 0.226 e. The summed E-state index contributed by atoms with van der Waals surface area (Å²) in [6, 6.07) is 2.27. The molecule has 1 fully saturated rings. The van der Waals surface area contributed by atoms with Gasteiger partial charge in [0.2, 0.25) is 11.8 Å². The predicted octanol–water partition coefficient (Wildman–Crippen LogP) is 2.55. The summed E-state index contributed by atoms with van der Waals surface area (Å²) >= 11 is 0. The van der Waals surface area contributed by atoms with Gasteiger partial charge in [0.15, 0.2) is 0 Å². The van der Waals surface area contributed by atoms with Gasteiger partial charge in [0.25, 0.3) is 0 Å². The van der Waals surface area contributed by atoms with Crippen molar-refractivity contribution in [2.45, 2.75) is 52.2 Å². The summed E-state index contributed by atoms with van der Waals surface area (Å²) in [5.74, 6) is 1.32. The van der Waals surface area contributed by atoms with E-state index in [0.717, 1.165) is 25.9 Å². The van der Waals surface area contributed by atoms with Crippen LogP contribution in [0, 0.1) is 0 Å². The molecule has 0 aromatic carbocycles. The SMILES string of the molecule is CCCN1CCC(Nc2nccc(OC(C)C)n2)CC1. The van der Waals surface area contributed by atoms with E-state index in [1.54, 1.807) is 12.3 Å². The average Bonchev–Trinajstić information content (AvgIpc) is 2.41. The number of likely N-dealkylation sites (tertiary alicyclic amines) is 1. The van der Waals surface area contributed by atoms with Crippen LogP contribution < -0.4 is 10.1 Å². The van der Waals surface area contributed by atoms with Gasteiger partial charge in [-0.3, -0.25) is 0 Å². The average molecular weight is 278 g/mol. The Morgan fingerprint density at radius 2 is 2.15 bits per heavy atom. The summed E-state index contributed by atoms with van der Waals surface area (Å²) in [6.45, 7) is 9.76. The molecular formula is C15H26N4O. The van der Waals surface area contributed by atoms with E-state index < -0.39 is 0 Å². The molecule has 1 aromatic rings. The van der Waals surface area contributed by atoms with E-state index in [2.05, 4.69) is 27.1 Å². The standard InChI is InChI=1S/C15H26N4O/c1-4-9-19-10-6-13(7-11-19)17-15-16-8-5-14(18-15)20-12(2)3/h5,8,12-13H,4,6-7,9-11H2,1-3H3,(H,16,17,18). The molecule has 0 saturated carbocycles. The summed E-state index contributed by atoms with van der Waals surface area (Å²) in [5.41, 5.74) is 0. The lowest BCUT2D eigenvalue weighted by molar-refractivity contribution is 0.218. The Labute approximate surface area is 121 Å². The van der Waals surface area contributed by atoms with Crippen molar-refractivity contribution in [1.29, 1.82) is 0 Å². The van der Waals surface area contributed by atoms with Crippen LogP contribution in [0.4, 0.5) is 5.95 Å². The zero-order valence-corrected chi connectivity index (χ0v) is 12.8. The second-order valence-electron chi connectivity index (χ2n) is 5.65. The van der Waals surface area contributed by atoms with Crippen molar-refractivity contribution in [1.82, 2.24) is 14.9 Å². The summed E-state index contributed by atoms with van der Waals surface area (Å²) in [7, 11) is 0. The summed E-state index contributed by atoms with van der Waals surface area (Å²) in [6.07, 6.45) is 5.42. The first-order valence-electron chi connectivity index (χ1n) is 7.66. The van der Waals surface area contributed by atoms with E-state index in [0.29, 0.717) is 17.9 Å². The number of hydrogen-bond donors (Lipinski definition) is 1. The molecule has 0 bridgehead atoms. The first kappa shape index (κ1) is 15.0. The minimum atomic E-state index is 0.134. The fraction of sp³-hybridized carbons (Fsp3) is 0.733. The van der Waals surface area contributed by atoms with Crippen LogP contribution in [0.25, 0.3) is 0 Å². The molecule has 1 N–H and O–H groups in total. The second-order valence-corrected chi connectivity index (χ2v) is 5.65. The normalized spacial score (nSPS) is 17.4. The Bertz CT molecular complexity index is 403. The molecule has 0 spiro atoms. The Morgan fingerprint density at radius 1 is 1.40 bits per heavy atom. The van der Waals surface area contributed by atoms with Gasteiger partial charge in [0.05, 0.1) is 6.10 Å². The molecule has 1 aliphatic heterocycles. The van der Waals surface area contributed by atoms with E-state index in [4.69, 9.17) is 4.74 Å². The van der Waals surface area contributed by atoms with E-state index in [1.807, 2.05) is 13.8 Å². The molecule has 0 radical (unpaired) electrons.